The second-order valence-corrected chi connectivity index (χ2v) is 16.2. The number of allylic oxidation sites excluding steroid dienone is 5. The highest BCUT2D eigenvalue weighted by molar-refractivity contribution is 6.04. The number of carbonyl (C=O) groups is 3. The van der Waals surface area contributed by atoms with E-state index >= 15 is 0 Å². The van der Waals surface area contributed by atoms with E-state index in [-0.39, 0.29) is 25.4 Å². The van der Waals surface area contributed by atoms with E-state index in [1.54, 1.807) is 39.8 Å². The number of rotatable bonds is 18. The van der Waals surface area contributed by atoms with Crippen LogP contribution in [-0.4, -0.2) is 62.6 Å². The zero-order valence-corrected chi connectivity index (χ0v) is 32.2. The van der Waals surface area contributed by atoms with E-state index in [0.29, 0.717) is 16.7 Å². The molecular weight excluding hydrogens is 644 g/mol. The molecule has 0 aliphatic heterocycles. The number of fused-ring (bicyclic) bond motifs is 5. The lowest BCUT2D eigenvalue weighted by atomic mass is 9.59. The van der Waals surface area contributed by atoms with Crippen molar-refractivity contribution in [3.63, 3.8) is 0 Å². The van der Waals surface area contributed by atoms with Gasteiger partial charge < -0.3 is 24.8 Å². The second kappa shape index (κ2) is 16.9. The Labute approximate surface area is 306 Å². The Morgan fingerprint density at radius 3 is 2.24 bits per heavy atom. The summed E-state index contributed by atoms with van der Waals surface area (Å²) in [6.07, 6.45) is 25.0. The van der Waals surface area contributed by atoms with E-state index in [4.69, 9.17) is 9.47 Å². The number of unbranched alkanes of at least 4 members (excludes halogenated alkanes) is 8. The van der Waals surface area contributed by atoms with Crippen LogP contribution in [-0.2, 0) is 23.9 Å². The Hall–Kier alpha value is -2.81. The lowest BCUT2D eigenvalue weighted by molar-refractivity contribution is -0.218. The van der Waals surface area contributed by atoms with Crippen LogP contribution in [0.15, 0.2) is 59.3 Å². The van der Waals surface area contributed by atoms with Gasteiger partial charge in [0.05, 0.1) is 11.7 Å². The molecule has 0 spiro atoms. The van der Waals surface area contributed by atoms with Crippen molar-refractivity contribution in [2.45, 2.75) is 155 Å². The summed E-state index contributed by atoms with van der Waals surface area (Å²) in [6, 6.07) is 0. The third kappa shape index (κ3) is 7.94. The van der Waals surface area contributed by atoms with Crippen molar-refractivity contribution in [3.05, 3.63) is 59.3 Å². The molecule has 0 bridgehead atoms. The Morgan fingerprint density at radius 2 is 1.59 bits per heavy atom. The number of ketones is 1. The average molecular weight is 709 g/mol. The van der Waals surface area contributed by atoms with Crippen LogP contribution in [0.25, 0.3) is 0 Å². The van der Waals surface area contributed by atoms with Crippen LogP contribution in [0.3, 0.4) is 0 Å². The zero-order valence-electron chi connectivity index (χ0n) is 32.2. The first-order chi connectivity index (χ1) is 24.1. The maximum Gasteiger partial charge on any atom is 0.334 e. The Bertz CT molecular complexity index is 1430. The molecular formula is C43H64O8. The highest BCUT2D eigenvalue weighted by Crippen LogP contribution is 2.76. The monoisotopic (exact) mass is 708 g/mol. The molecule has 0 heterocycles. The minimum atomic E-state index is -1.96. The van der Waals surface area contributed by atoms with Crippen molar-refractivity contribution in [1.82, 2.24) is 0 Å². The molecule has 4 rings (SSSR count). The number of ether oxygens (including phenoxy) is 2. The van der Waals surface area contributed by atoms with Crippen LogP contribution < -0.4 is 0 Å². The molecule has 0 aromatic carbocycles. The molecule has 0 unspecified atom stereocenters. The lowest BCUT2D eigenvalue weighted by Gasteiger charge is -2.52. The Kier molecular flexibility index (Phi) is 13.6. The normalized spacial score (nSPS) is 34.0. The molecule has 0 aromatic heterocycles. The minimum Gasteiger partial charge on any atom is -0.461 e. The molecule has 2 saturated carbocycles. The maximum atomic E-state index is 13.5. The van der Waals surface area contributed by atoms with Gasteiger partial charge in [0.2, 0.25) is 0 Å². The Balaban J connectivity index is 1.36. The number of hydrogen-bond donors (Lipinski definition) is 3. The summed E-state index contributed by atoms with van der Waals surface area (Å²) in [5.41, 5.74) is -4.43. The van der Waals surface area contributed by atoms with Crippen molar-refractivity contribution in [2.24, 2.45) is 29.1 Å². The highest BCUT2D eigenvalue weighted by atomic mass is 16.6. The molecule has 3 N–H and O–H groups in total. The molecule has 8 nitrogen and oxygen atoms in total. The number of aliphatic hydroxyl groups excluding tert-OH is 1. The van der Waals surface area contributed by atoms with Crippen LogP contribution in [0, 0.1) is 29.1 Å². The van der Waals surface area contributed by atoms with E-state index in [0.717, 1.165) is 44.9 Å². The molecule has 4 aliphatic rings. The lowest BCUT2D eigenvalue weighted by Crippen LogP contribution is -2.65. The summed E-state index contributed by atoms with van der Waals surface area (Å²) in [5, 5.41) is 36.6. The minimum absolute atomic E-state index is 0.111. The number of aliphatic hydroxyl groups is 3. The number of hydrogen-bond acceptors (Lipinski definition) is 8. The van der Waals surface area contributed by atoms with Gasteiger partial charge in [-0.3, -0.25) is 9.59 Å². The fourth-order valence-corrected chi connectivity index (χ4v) is 9.34. The summed E-state index contributed by atoms with van der Waals surface area (Å²) in [4.78, 5) is 39.5. The Morgan fingerprint density at radius 1 is 0.961 bits per heavy atom. The van der Waals surface area contributed by atoms with Gasteiger partial charge in [-0.2, -0.15) is 0 Å². The number of carbonyl (C=O) groups excluding carboxylic acids is 3. The molecule has 8 atom stereocenters. The highest BCUT2D eigenvalue weighted by Gasteiger charge is 2.86. The van der Waals surface area contributed by atoms with Crippen molar-refractivity contribution < 1.29 is 39.2 Å². The van der Waals surface area contributed by atoms with Crippen LogP contribution in [0.2, 0.25) is 0 Å². The molecule has 284 valence electrons. The van der Waals surface area contributed by atoms with Gasteiger partial charge in [0.1, 0.15) is 17.8 Å². The van der Waals surface area contributed by atoms with Gasteiger partial charge in [-0.15, -0.1) is 0 Å². The summed E-state index contributed by atoms with van der Waals surface area (Å²) in [6.45, 7) is 12.6. The van der Waals surface area contributed by atoms with E-state index in [1.807, 2.05) is 19.9 Å². The van der Waals surface area contributed by atoms with E-state index in [1.165, 1.54) is 25.7 Å². The first kappa shape index (κ1) is 41.0. The topological polar surface area (TPSA) is 130 Å². The molecule has 0 saturated heterocycles. The third-order valence-corrected chi connectivity index (χ3v) is 12.6. The van der Waals surface area contributed by atoms with Gasteiger partial charge in [-0.25, -0.2) is 4.79 Å². The van der Waals surface area contributed by atoms with Gasteiger partial charge in [-0.1, -0.05) is 102 Å². The molecule has 0 radical (unpaired) electrons. The largest absolute Gasteiger partial charge is 0.461 e. The first-order valence-corrected chi connectivity index (χ1v) is 19.5. The smallest absolute Gasteiger partial charge is 0.334 e. The van der Waals surface area contributed by atoms with Crippen molar-refractivity contribution in [3.8, 4) is 0 Å². The quantitative estimate of drug-likeness (QED) is 0.0569. The van der Waals surface area contributed by atoms with Crippen LogP contribution >= 0.6 is 0 Å². The molecule has 51 heavy (non-hydrogen) atoms. The molecule has 0 aromatic rings. The predicted octanol–water partition coefficient (Wildman–Crippen LogP) is 7.81. The summed E-state index contributed by atoms with van der Waals surface area (Å²) >= 11 is 0. The predicted molar refractivity (Wildman–Crippen MR) is 199 cm³/mol. The van der Waals surface area contributed by atoms with Crippen molar-refractivity contribution in [2.75, 3.05) is 6.61 Å². The second-order valence-electron chi connectivity index (χ2n) is 16.2. The summed E-state index contributed by atoms with van der Waals surface area (Å²) < 4.78 is 11.9. The van der Waals surface area contributed by atoms with Gasteiger partial charge in [0.25, 0.3) is 0 Å². The average Bonchev–Trinajstić information content (AvgIpc) is 3.53. The SMILES string of the molecule is C/C=C(\C)C(=O)O[C@@]12[C@H](O)[C@@H](C)[C@@]3(O)[C@H](C=C(COC(=O)CCCCCCC/C=C/C/C=C/CCCCC)C[C@]4(O)C(=O)C(C)=C[C@H]34)[C@H]1C2(C)C. The van der Waals surface area contributed by atoms with E-state index in [9.17, 15) is 29.7 Å². The van der Waals surface area contributed by atoms with Gasteiger partial charge in [0, 0.05) is 47.5 Å². The van der Waals surface area contributed by atoms with Crippen LogP contribution in [0.4, 0.5) is 0 Å². The number of esters is 2. The van der Waals surface area contributed by atoms with Crippen LogP contribution in [0.5, 0.6) is 0 Å². The third-order valence-electron chi connectivity index (χ3n) is 12.6. The molecule has 0 amide bonds. The van der Waals surface area contributed by atoms with Gasteiger partial charge in [0.15, 0.2) is 5.78 Å². The fraction of sp³-hybridized carbons (Fsp3) is 0.698. The fourth-order valence-electron chi connectivity index (χ4n) is 9.34. The molecule has 8 heteroatoms. The summed E-state index contributed by atoms with van der Waals surface area (Å²) in [5.74, 6) is -4.45. The van der Waals surface area contributed by atoms with Crippen LogP contribution in [0.1, 0.15) is 132 Å². The first-order valence-electron chi connectivity index (χ1n) is 19.5. The van der Waals surface area contributed by atoms with Crippen molar-refractivity contribution >= 4 is 17.7 Å². The van der Waals surface area contributed by atoms with Crippen molar-refractivity contribution in [1.29, 1.82) is 0 Å². The van der Waals surface area contributed by atoms with Gasteiger partial charge >= 0.3 is 11.9 Å². The number of Topliss-reactive ketones (excluding diaryl/α,β-unsaturated/α-hetero) is 1. The van der Waals surface area contributed by atoms with Gasteiger partial charge in [-0.05, 0) is 70.4 Å². The molecule has 2 fully saturated rings. The summed E-state index contributed by atoms with van der Waals surface area (Å²) in [7, 11) is 0. The zero-order chi connectivity index (χ0) is 37.6. The maximum absolute atomic E-state index is 13.5. The van der Waals surface area contributed by atoms with E-state index in [2.05, 4.69) is 31.2 Å². The molecule has 4 aliphatic carbocycles. The van der Waals surface area contributed by atoms with E-state index < -0.39 is 63.7 Å². The standard InChI is InChI=1S/C43H64O8/c1-8-10-11-12-13-14-15-16-17-18-19-20-21-22-23-24-35(44)50-28-32-26-33-36-40(6,7)43(36,51-39(47)29(3)9-2)38(46)31(5)42(33,49)34-25-30(4)37(45)41(34,48)27-32/h9,13-14,16-17,25-26,31,33-34,36,38,46,48-49H,8,10-12,15,18-24,27-28H2,1-7H3/b14-13+,17-16+,29-9+/t31-,33-,34+,36+,38-,41-,42-,43-/m1/s1.